The van der Waals surface area contributed by atoms with Crippen LogP contribution in [-0.2, 0) is 9.59 Å². The zero-order chi connectivity index (χ0) is 24.0. The van der Waals surface area contributed by atoms with Crippen molar-refractivity contribution in [3.63, 3.8) is 0 Å². The van der Waals surface area contributed by atoms with Crippen LogP contribution in [0.25, 0.3) is 6.08 Å². The summed E-state index contributed by atoms with van der Waals surface area (Å²) in [6, 6.07) is 10.5. The van der Waals surface area contributed by atoms with E-state index in [1.807, 2.05) is 26.0 Å². The number of nitrogens with zero attached hydrogens (tertiary/aromatic N) is 1. The van der Waals surface area contributed by atoms with E-state index >= 15 is 0 Å². The van der Waals surface area contributed by atoms with Crippen LogP contribution in [0.1, 0.15) is 18.1 Å². The Balaban J connectivity index is 1.78. The smallest absolute Gasteiger partial charge is 0.294 e. The fraction of sp³-hybridized carbons (Fsp3) is 0.208. The standard InChI is InChI=1S/C24H23ClN2O5S/c1-4-10-32-22-17(25)11-16(12-19(22)31-5-2)13-20-23(29)27(24(30)33-20)14-21(28)26-18-9-7-6-8-15(18)3/h4,6-9,11-13H,1,5,10,14H2,2-3H3,(H,26,28)/b20-13+. The highest BCUT2D eigenvalue weighted by Gasteiger charge is 2.36. The van der Waals surface area contributed by atoms with Gasteiger partial charge in [-0.25, -0.2) is 0 Å². The molecule has 7 nitrogen and oxygen atoms in total. The molecule has 0 radical (unpaired) electrons. The number of amides is 3. The molecule has 1 aliphatic rings. The molecule has 1 aliphatic heterocycles. The predicted octanol–water partition coefficient (Wildman–Crippen LogP) is 5.29. The highest BCUT2D eigenvalue weighted by molar-refractivity contribution is 8.18. The van der Waals surface area contributed by atoms with Gasteiger partial charge in [-0.3, -0.25) is 19.3 Å². The molecule has 2 aromatic carbocycles. The number of nitrogens with one attached hydrogen (secondary N) is 1. The van der Waals surface area contributed by atoms with Crippen molar-refractivity contribution in [2.75, 3.05) is 25.1 Å². The molecule has 0 spiro atoms. The van der Waals surface area contributed by atoms with Crippen molar-refractivity contribution >= 4 is 52.2 Å². The van der Waals surface area contributed by atoms with Gasteiger partial charge in [0.15, 0.2) is 11.5 Å². The maximum absolute atomic E-state index is 12.8. The summed E-state index contributed by atoms with van der Waals surface area (Å²) in [5, 5.41) is 2.50. The summed E-state index contributed by atoms with van der Waals surface area (Å²) in [7, 11) is 0. The van der Waals surface area contributed by atoms with Crippen molar-refractivity contribution < 1.29 is 23.9 Å². The molecule has 3 amide bonds. The highest BCUT2D eigenvalue weighted by Crippen LogP contribution is 2.39. The van der Waals surface area contributed by atoms with Gasteiger partial charge in [0, 0.05) is 5.69 Å². The van der Waals surface area contributed by atoms with Gasteiger partial charge in [-0.1, -0.05) is 42.5 Å². The molecule has 0 unspecified atom stereocenters. The highest BCUT2D eigenvalue weighted by atomic mass is 35.5. The van der Waals surface area contributed by atoms with Gasteiger partial charge >= 0.3 is 0 Å². The van der Waals surface area contributed by atoms with E-state index in [2.05, 4.69) is 11.9 Å². The van der Waals surface area contributed by atoms with Crippen molar-refractivity contribution in [3.8, 4) is 11.5 Å². The van der Waals surface area contributed by atoms with Gasteiger partial charge in [0.05, 0.1) is 16.5 Å². The molecule has 33 heavy (non-hydrogen) atoms. The molecule has 172 valence electrons. The average Bonchev–Trinajstić information content (AvgIpc) is 3.02. The molecule has 2 aromatic rings. The first kappa shape index (κ1) is 24.4. The normalized spacial score (nSPS) is 14.5. The number of thioether (sulfide) groups is 1. The van der Waals surface area contributed by atoms with Gasteiger partial charge in [0.25, 0.3) is 11.1 Å². The lowest BCUT2D eigenvalue weighted by molar-refractivity contribution is -0.127. The largest absolute Gasteiger partial charge is 0.490 e. The number of halogens is 1. The summed E-state index contributed by atoms with van der Waals surface area (Å²) in [4.78, 5) is 38.7. The molecule has 0 saturated carbocycles. The van der Waals surface area contributed by atoms with Crippen LogP contribution >= 0.6 is 23.4 Å². The van der Waals surface area contributed by atoms with Crippen molar-refractivity contribution in [2.24, 2.45) is 0 Å². The number of ether oxygens (including phenoxy) is 2. The van der Waals surface area contributed by atoms with Crippen LogP contribution in [0.5, 0.6) is 11.5 Å². The molecule has 9 heteroatoms. The molecule has 3 rings (SSSR count). The number of hydrogen-bond donors (Lipinski definition) is 1. The number of rotatable bonds is 9. The van der Waals surface area contributed by atoms with Crippen LogP contribution in [0.2, 0.25) is 5.02 Å². The van der Waals surface area contributed by atoms with Gasteiger partial charge in [-0.15, -0.1) is 0 Å². The first-order valence-electron chi connectivity index (χ1n) is 10.1. The minimum Gasteiger partial charge on any atom is -0.490 e. The second-order valence-corrected chi connectivity index (χ2v) is 8.39. The fourth-order valence-corrected chi connectivity index (χ4v) is 4.16. The van der Waals surface area contributed by atoms with E-state index in [4.69, 9.17) is 21.1 Å². The third kappa shape index (κ3) is 5.97. The number of carbonyl (C=O) groups is 3. The number of aryl methyl sites for hydroxylation is 1. The summed E-state index contributed by atoms with van der Waals surface area (Å²) in [6.07, 6.45) is 3.13. The summed E-state index contributed by atoms with van der Waals surface area (Å²) in [5.41, 5.74) is 2.06. The molecule has 0 aliphatic carbocycles. The van der Waals surface area contributed by atoms with E-state index in [1.54, 1.807) is 30.3 Å². The Morgan fingerprint density at radius 2 is 2.00 bits per heavy atom. The van der Waals surface area contributed by atoms with Crippen LogP contribution in [0.4, 0.5) is 10.5 Å². The number of imide groups is 1. The maximum atomic E-state index is 12.8. The summed E-state index contributed by atoms with van der Waals surface area (Å²) in [5.74, 6) is -0.226. The molecule has 1 fully saturated rings. The topological polar surface area (TPSA) is 84.9 Å². The van der Waals surface area contributed by atoms with Gasteiger partial charge < -0.3 is 14.8 Å². The maximum Gasteiger partial charge on any atom is 0.294 e. The Labute approximate surface area is 201 Å². The number of hydrogen-bond acceptors (Lipinski definition) is 6. The lowest BCUT2D eigenvalue weighted by Crippen LogP contribution is -2.36. The fourth-order valence-electron chi connectivity index (χ4n) is 3.05. The first-order chi connectivity index (χ1) is 15.8. The van der Waals surface area contributed by atoms with Crippen molar-refractivity contribution in [1.29, 1.82) is 0 Å². The Morgan fingerprint density at radius 3 is 2.70 bits per heavy atom. The van der Waals surface area contributed by atoms with Crippen molar-refractivity contribution in [1.82, 2.24) is 4.90 Å². The van der Waals surface area contributed by atoms with E-state index in [-0.39, 0.29) is 18.1 Å². The Kier molecular flexibility index (Phi) is 8.19. The zero-order valence-electron chi connectivity index (χ0n) is 18.2. The molecule has 1 N–H and O–H groups in total. The van der Waals surface area contributed by atoms with E-state index in [9.17, 15) is 14.4 Å². The Bertz CT molecular complexity index is 1130. The first-order valence-corrected chi connectivity index (χ1v) is 11.3. The minimum absolute atomic E-state index is 0.182. The van der Waals surface area contributed by atoms with Crippen molar-refractivity contribution in [2.45, 2.75) is 13.8 Å². The van der Waals surface area contributed by atoms with Gasteiger partial charge in [-0.05, 0) is 61.0 Å². The number of benzene rings is 2. The van der Waals surface area contributed by atoms with Crippen LogP contribution in [0, 0.1) is 6.92 Å². The third-order valence-electron chi connectivity index (χ3n) is 4.57. The van der Waals surface area contributed by atoms with Crippen LogP contribution in [0.3, 0.4) is 0 Å². The predicted molar refractivity (Wildman–Crippen MR) is 131 cm³/mol. The van der Waals surface area contributed by atoms with Crippen LogP contribution in [0.15, 0.2) is 54.0 Å². The second kappa shape index (κ2) is 11.1. The molecule has 0 atom stereocenters. The van der Waals surface area contributed by atoms with Crippen LogP contribution < -0.4 is 14.8 Å². The molecule has 0 aromatic heterocycles. The molecule has 1 heterocycles. The lowest BCUT2D eigenvalue weighted by Gasteiger charge is -2.14. The summed E-state index contributed by atoms with van der Waals surface area (Å²) < 4.78 is 11.2. The number of carbonyl (C=O) groups excluding carboxylic acids is 3. The van der Waals surface area contributed by atoms with E-state index in [1.165, 1.54) is 6.08 Å². The second-order valence-electron chi connectivity index (χ2n) is 6.99. The van der Waals surface area contributed by atoms with Gasteiger partial charge in [-0.2, -0.15) is 0 Å². The average molecular weight is 487 g/mol. The quantitative estimate of drug-likeness (QED) is 0.383. The van der Waals surface area contributed by atoms with Gasteiger partial charge in [0.2, 0.25) is 5.91 Å². The molecular formula is C24H23ClN2O5S. The summed E-state index contributed by atoms with van der Waals surface area (Å²) >= 11 is 7.11. The van der Waals surface area contributed by atoms with Crippen LogP contribution in [-0.4, -0.2) is 41.7 Å². The molecule has 0 bridgehead atoms. The monoisotopic (exact) mass is 486 g/mol. The number of anilines is 1. The summed E-state index contributed by atoms with van der Waals surface area (Å²) in [6.45, 7) is 7.55. The van der Waals surface area contributed by atoms with Gasteiger partial charge in [0.1, 0.15) is 13.2 Å². The molecule has 1 saturated heterocycles. The minimum atomic E-state index is -0.550. The Morgan fingerprint density at radius 1 is 1.24 bits per heavy atom. The SMILES string of the molecule is C=CCOc1c(Cl)cc(/C=C2/SC(=O)N(CC(=O)Nc3ccccc3C)C2=O)cc1OCC. The zero-order valence-corrected chi connectivity index (χ0v) is 19.8. The van der Waals surface area contributed by atoms with Crippen molar-refractivity contribution in [3.05, 3.63) is 70.1 Å². The molecular weight excluding hydrogens is 464 g/mol. The van der Waals surface area contributed by atoms with E-state index in [0.29, 0.717) is 34.4 Å². The van der Waals surface area contributed by atoms with E-state index < -0.39 is 17.1 Å². The number of para-hydroxylation sites is 1. The Hall–Kier alpha value is -3.23. The van der Waals surface area contributed by atoms with E-state index in [0.717, 1.165) is 22.2 Å². The lowest BCUT2D eigenvalue weighted by atomic mass is 10.1. The third-order valence-corrected chi connectivity index (χ3v) is 5.76.